The van der Waals surface area contributed by atoms with Gasteiger partial charge in [0.1, 0.15) is 13.2 Å². The predicted octanol–water partition coefficient (Wildman–Crippen LogP) is 2.01. The van der Waals surface area contributed by atoms with Crippen LogP contribution in [0.15, 0.2) is 30.3 Å². The maximum absolute atomic E-state index is 12.1. The summed E-state index contributed by atoms with van der Waals surface area (Å²) in [6.07, 6.45) is 0.459. The van der Waals surface area contributed by atoms with Crippen molar-refractivity contribution in [2.45, 2.75) is 26.1 Å². The summed E-state index contributed by atoms with van der Waals surface area (Å²) < 4.78 is 26.3. The van der Waals surface area contributed by atoms with Gasteiger partial charge in [-0.1, -0.05) is 30.3 Å². The van der Waals surface area contributed by atoms with E-state index in [2.05, 4.69) is 0 Å². The van der Waals surface area contributed by atoms with Crippen LogP contribution in [0.1, 0.15) is 18.9 Å². The summed E-state index contributed by atoms with van der Waals surface area (Å²) in [5.41, 5.74) is 0.964. The number of hydrogen-bond donors (Lipinski definition) is 0. The normalized spacial score (nSPS) is 16.2. The molecule has 1 aromatic carbocycles. The third kappa shape index (κ3) is 8.69. The third-order valence-electron chi connectivity index (χ3n) is 4.09. The largest absolute Gasteiger partial charge is 0.464 e. The van der Waals surface area contributed by atoms with Gasteiger partial charge in [-0.3, -0.25) is 0 Å². The highest BCUT2D eigenvalue weighted by Crippen LogP contribution is 2.14. The Morgan fingerprint density at radius 1 is 1.04 bits per heavy atom. The highest BCUT2D eigenvalue weighted by Gasteiger charge is 2.27. The maximum atomic E-state index is 12.1. The highest BCUT2D eigenvalue weighted by atomic mass is 16.6. The van der Waals surface area contributed by atoms with Gasteiger partial charge in [-0.05, 0) is 18.9 Å². The number of rotatable bonds is 12. The number of amides is 1. The summed E-state index contributed by atoms with van der Waals surface area (Å²) in [7, 11) is 0. The number of carbonyl (C=O) groups excluding carboxylic acids is 2. The third-order valence-corrected chi connectivity index (χ3v) is 4.09. The average molecular weight is 395 g/mol. The number of hydrogen-bond acceptors (Lipinski definition) is 7. The molecule has 1 aliphatic heterocycles. The maximum Gasteiger partial charge on any atom is 0.410 e. The number of ether oxygens (including phenoxy) is 5. The molecule has 156 valence electrons. The summed E-state index contributed by atoms with van der Waals surface area (Å²) in [6.45, 7) is 5.02. The quantitative estimate of drug-likeness (QED) is 0.395. The summed E-state index contributed by atoms with van der Waals surface area (Å²) in [5.74, 6) is -0.376. The first kappa shape index (κ1) is 22.1. The van der Waals surface area contributed by atoms with Crippen molar-refractivity contribution in [2.24, 2.45) is 0 Å². The molecule has 2 rings (SSSR count). The average Bonchev–Trinajstić information content (AvgIpc) is 3.18. The van der Waals surface area contributed by atoms with Gasteiger partial charge >= 0.3 is 12.1 Å². The van der Waals surface area contributed by atoms with Gasteiger partial charge in [0.05, 0.1) is 45.7 Å². The molecule has 0 spiro atoms. The number of carbonyl (C=O) groups is 2. The van der Waals surface area contributed by atoms with E-state index in [0.29, 0.717) is 46.1 Å². The zero-order valence-corrected chi connectivity index (χ0v) is 16.3. The molecule has 1 atom stereocenters. The molecule has 1 aliphatic rings. The number of nitrogens with zero attached hydrogens (tertiary/aromatic N) is 1. The minimum Gasteiger partial charge on any atom is -0.464 e. The zero-order chi connectivity index (χ0) is 20.0. The standard InChI is InChI=1S/C20H29NO7/c1-2-26-19(22)16-25-11-10-24-12-13-27-18-8-9-21(14-18)20(23)28-15-17-6-4-3-5-7-17/h3-7,18H,2,8-16H2,1H3. The lowest BCUT2D eigenvalue weighted by Crippen LogP contribution is -2.31. The van der Waals surface area contributed by atoms with Gasteiger partial charge in [-0.25, -0.2) is 9.59 Å². The Kier molecular flexibility index (Phi) is 10.3. The lowest BCUT2D eigenvalue weighted by atomic mass is 10.2. The van der Waals surface area contributed by atoms with Gasteiger partial charge in [0.15, 0.2) is 0 Å². The van der Waals surface area contributed by atoms with E-state index in [1.807, 2.05) is 30.3 Å². The van der Waals surface area contributed by atoms with Crippen LogP contribution in [-0.4, -0.2) is 75.8 Å². The molecule has 1 heterocycles. The van der Waals surface area contributed by atoms with Crippen LogP contribution in [0.4, 0.5) is 4.79 Å². The molecule has 0 N–H and O–H groups in total. The van der Waals surface area contributed by atoms with Crippen molar-refractivity contribution in [1.29, 1.82) is 0 Å². The molecule has 0 radical (unpaired) electrons. The lowest BCUT2D eigenvalue weighted by molar-refractivity contribution is -0.149. The Morgan fingerprint density at radius 2 is 1.79 bits per heavy atom. The summed E-state index contributed by atoms with van der Waals surface area (Å²) in [4.78, 5) is 24.8. The molecule has 1 aromatic rings. The van der Waals surface area contributed by atoms with E-state index >= 15 is 0 Å². The molecule has 1 amide bonds. The predicted molar refractivity (Wildman–Crippen MR) is 101 cm³/mol. The molecule has 28 heavy (non-hydrogen) atoms. The molecular weight excluding hydrogens is 366 g/mol. The Morgan fingerprint density at radius 3 is 2.57 bits per heavy atom. The molecule has 8 heteroatoms. The minimum atomic E-state index is -0.376. The second-order valence-electron chi connectivity index (χ2n) is 6.24. The van der Waals surface area contributed by atoms with Crippen LogP contribution < -0.4 is 0 Å². The first-order valence-corrected chi connectivity index (χ1v) is 9.57. The van der Waals surface area contributed by atoms with Crippen LogP contribution in [0.3, 0.4) is 0 Å². The van der Waals surface area contributed by atoms with E-state index in [0.717, 1.165) is 12.0 Å². The first-order valence-electron chi connectivity index (χ1n) is 9.57. The van der Waals surface area contributed by atoms with Crippen molar-refractivity contribution in [3.05, 3.63) is 35.9 Å². The van der Waals surface area contributed by atoms with Crippen LogP contribution in [-0.2, 0) is 35.1 Å². The van der Waals surface area contributed by atoms with Crippen molar-refractivity contribution in [2.75, 3.05) is 52.7 Å². The van der Waals surface area contributed by atoms with Crippen molar-refractivity contribution >= 4 is 12.1 Å². The number of likely N-dealkylation sites (tertiary alicyclic amines) is 1. The van der Waals surface area contributed by atoms with Crippen LogP contribution in [0.5, 0.6) is 0 Å². The van der Waals surface area contributed by atoms with Crippen molar-refractivity contribution in [1.82, 2.24) is 4.90 Å². The molecule has 0 aromatic heterocycles. The van der Waals surface area contributed by atoms with Gasteiger partial charge in [0.2, 0.25) is 0 Å². The van der Waals surface area contributed by atoms with E-state index in [9.17, 15) is 9.59 Å². The van der Waals surface area contributed by atoms with E-state index < -0.39 is 0 Å². The van der Waals surface area contributed by atoms with E-state index in [-0.39, 0.29) is 31.4 Å². The Hall–Kier alpha value is -2.16. The summed E-state index contributed by atoms with van der Waals surface area (Å²) >= 11 is 0. The van der Waals surface area contributed by atoms with Crippen LogP contribution >= 0.6 is 0 Å². The van der Waals surface area contributed by atoms with Gasteiger partial charge in [-0.2, -0.15) is 0 Å². The molecule has 1 unspecified atom stereocenters. The first-order chi connectivity index (χ1) is 13.7. The topological polar surface area (TPSA) is 83.5 Å². The monoisotopic (exact) mass is 395 g/mol. The fourth-order valence-electron chi connectivity index (χ4n) is 2.69. The Balaban J connectivity index is 1.46. The Bertz CT molecular complexity index is 581. The smallest absolute Gasteiger partial charge is 0.410 e. The number of esters is 1. The highest BCUT2D eigenvalue weighted by molar-refractivity contribution is 5.70. The number of benzene rings is 1. The van der Waals surface area contributed by atoms with E-state index in [1.54, 1.807) is 11.8 Å². The Labute approximate surface area is 165 Å². The van der Waals surface area contributed by atoms with Crippen LogP contribution in [0, 0.1) is 0 Å². The summed E-state index contributed by atoms with van der Waals surface area (Å²) in [5, 5.41) is 0. The molecule has 0 saturated carbocycles. The van der Waals surface area contributed by atoms with Crippen LogP contribution in [0.25, 0.3) is 0 Å². The fourth-order valence-corrected chi connectivity index (χ4v) is 2.69. The van der Waals surface area contributed by atoms with Gasteiger partial charge in [0, 0.05) is 6.54 Å². The van der Waals surface area contributed by atoms with Crippen molar-refractivity contribution in [3.8, 4) is 0 Å². The van der Waals surface area contributed by atoms with Crippen LogP contribution in [0.2, 0.25) is 0 Å². The zero-order valence-electron chi connectivity index (χ0n) is 16.3. The SMILES string of the molecule is CCOC(=O)COCCOCCOC1CCN(C(=O)OCc2ccccc2)C1. The molecule has 8 nitrogen and oxygen atoms in total. The van der Waals surface area contributed by atoms with E-state index in [4.69, 9.17) is 23.7 Å². The molecule has 0 bridgehead atoms. The minimum absolute atomic E-state index is 0.00654. The molecule has 1 saturated heterocycles. The fraction of sp³-hybridized carbons (Fsp3) is 0.600. The van der Waals surface area contributed by atoms with Gasteiger partial charge in [-0.15, -0.1) is 0 Å². The van der Waals surface area contributed by atoms with Crippen molar-refractivity contribution < 1.29 is 33.3 Å². The molecule has 0 aliphatic carbocycles. The van der Waals surface area contributed by atoms with Crippen molar-refractivity contribution in [3.63, 3.8) is 0 Å². The molecule has 1 fully saturated rings. The second-order valence-corrected chi connectivity index (χ2v) is 6.24. The van der Waals surface area contributed by atoms with Gasteiger partial charge < -0.3 is 28.6 Å². The van der Waals surface area contributed by atoms with E-state index in [1.165, 1.54) is 0 Å². The molecular formula is C20H29NO7. The lowest BCUT2D eigenvalue weighted by Gasteiger charge is -2.16. The van der Waals surface area contributed by atoms with Gasteiger partial charge in [0.25, 0.3) is 0 Å². The summed E-state index contributed by atoms with van der Waals surface area (Å²) in [6, 6.07) is 9.60. The second kappa shape index (κ2) is 13.1.